The van der Waals surface area contributed by atoms with Gasteiger partial charge in [0.15, 0.2) is 10.9 Å². The van der Waals surface area contributed by atoms with Crippen molar-refractivity contribution in [2.24, 2.45) is 0 Å². The van der Waals surface area contributed by atoms with E-state index in [0.29, 0.717) is 5.56 Å². The normalized spacial score (nSPS) is 25.1. The van der Waals surface area contributed by atoms with E-state index in [1.165, 1.54) is 12.0 Å². The highest BCUT2D eigenvalue weighted by molar-refractivity contribution is 7.16. The number of thiazole rings is 1. The molecule has 0 bridgehead atoms. The predicted octanol–water partition coefficient (Wildman–Crippen LogP) is 1.79. The van der Waals surface area contributed by atoms with Crippen LogP contribution in [0.1, 0.15) is 22.2 Å². The first-order valence-electron chi connectivity index (χ1n) is 13.1. The second kappa shape index (κ2) is 11.5. The van der Waals surface area contributed by atoms with E-state index in [0.717, 1.165) is 47.4 Å². The highest BCUT2D eigenvalue weighted by Gasteiger charge is 2.53. The zero-order chi connectivity index (χ0) is 27.8. The van der Waals surface area contributed by atoms with E-state index in [9.17, 15) is 14.4 Å². The van der Waals surface area contributed by atoms with Gasteiger partial charge >= 0.3 is 0 Å². The van der Waals surface area contributed by atoms with E-state index < -0.39 is 41.5 Å². The Hall–Kier alpha value is -2.57. The summed E-state index contributed by atoms with van der Waals surface area (Å²) in [4.78, 5) is 51.2. The fourth-order valence-corrected chi connectivity index (χ4v) is 6.65. The monoisotopic (exact) mass is 575 g/mol. The summed E-state index contributed by atoms with van der Waals surface area (Å²) in [6.45, 7) is 7.79. The van der Waals surface area contributed by atoms with Gasteiger partial charge in [-0.05, 0) is 33.0 Å². The molecule has 0 spiro atoms. The number of halogens is 1. The lowest BCUT2D eigenvalue weighted by Crippen LogP contribution is -2.56. The number of alkyl halides is 1. The molecule has 0 saturated carbocycles. The van der Waals surface area contributed by atoms with Crippen molar-refractivity contribution < 1.29 is 23.9 Å². The van der Waals surface area contributed by atoms with Gasteiger partial charge < -0.3 is 29.5 Å². The van der Waals surface area contributed by atoms with Crippen LogP contribution in [0.4, 0.5) is 5.13 Å². The fourth-order valence-electron chi connectivity index (χ4n) is 5.31. The van der Waals surface area contributed by atoms with Gasteiger partial charge in [0.05, 0.1) is 17.2 Å². The Morgan fingerprint density at radius 2 is 1.90 bits per heavy atom. The minimum Gasteiger partial charge on any atom is -0.379 e. The standard InChI is InChI=1S/C27H34ClN5O5S/c1-15(37-4)21(26(36)33-13-19(28)24-23(33)20(34)14-38-24)29-25(35)18-7-5-17(6-8-18)22-16(2)39-27(30-22)32-11-9-31(3)10-12-32/h5-8,15,19,21,23-24H,9-14H2,1-4H3,(H,29,35). The number of hydrogen-bond acceptors (Lipinski definition) is 9. The summed E-state index contributed by atoms with van der Waals surface area (Å²) < 4.78 is 10.9. The van der Waals surface area contributed by atoms with E-state index in [1.807, 2.05) is 12.1 Å². The Morgan fingerprint density at radius 3 is 2.56 bits per heavy atom. The van der Waals surface area contributed by atoms with Gasteiger partial charge in [0, 0.05) is 55.8 Å². The Morgan fingerprint density at radius 1 is 1.21 bits per heavy atom. The lowest BCUT2D eigenvalue weighted by molar-refractivity contribution is -0.140. The van der Waals surface area contributed by atoms with Gasteiger partial charge in [-0.3, -0.25) is 14.4 Å². The summed E-state index contributed by atoms with van der Waals surface area (Å²) in [5.41, 5.74) is 2.24. The summed E-state index contributed by atoms with van der Waals surface area (Å²) in [7, 11) is 3.60. The highest BCUT2D eigenvalue weighted by Crippen LogP contribution is 2.34. The number of ketones is 1. The van der Waals surface area contributed by atoms with Crippen molar-refractivity contribution in [1.29, 1.82) is 0 Å². The van der Waals surface area contributed by atoms with Gasteiger partial charge in [0.2, 0.25) is 5.91 Å². The first kappa shape index (κ1) is 28.0. The van der Waals surface area contributed by atoms with Gasteiger partial charge in [0.1, 0.15) is 24.8 Å². The minimum absolute atomic E-state index is 0.0686. The van der Waals surface area contributed by atoms with Crippen LogP contribution in [0, 0.1) is 6.92 Å². The molecule has 10 nitrogen and oxygen atoms in total. The first-order valence-corrected chi connectivity index (χ1v) is 14.4. The third-order valence-electron chi connectivity index (χ3n) is 7.78. The maximum atomic E-state index is 13.5. The molecule has 1 aromatic carbocycles. The van der Waals surface area contributed by atoms with Crippen molar-refractivity contribution in [3.05, 3.63) is 34.7 Å². The molecule has 3 aliphatic heterocycles. The molecule has 2 aromatic rings. The first-order chi connectivity index (χ1) is 18.7. The number of carbonyl (C=O) groups is 3. The number of likely N-dealkylation sites (N-methyl/N-ethyl adjacent to an activating group) is 1. The number of ether oxygens (including phenoxy) is 2. The lowest BCUT2D eigenvalue weighted by Gasteiger charge is -2.32. The summed E-state index contributed by atoms with van der Waals surface area (Å²) >= 11 is 8.05. The number of piperazine rings is 1. The number of nitrogens with zero attached hydrogens (tertiary/aromatic N) is 4. The number of carbonyl (C=O) groups excluding carboxylic acids is 3. The van der Waals surface area contributed by atoms with Crippen LogP contribution >= 0.6 is 22.9 Å². The number of rotatable bonds is 7. The molecule has 12 heteroatoms. The molecule has 3 fully saturated rings. The number of likely N-dealkylation sites (tertiary alicyclic amines) is 1. The minimum atomic E-state index is -0.995. The maximum absolute atomic E-state index is 13.5. The van der Waals surface area contributed by atoms with Gasteiger partial charge in [-0.2, -0.15) is 0 Å². The number of anilines is 1. The van der Waals surface area contributed by atoms with Gasteiger partial charge in [-0.1, -0.05) is 12.1 Å². The summed E-state index contributed by atoms with van der Waals surface area (Å²) in [5, 5.41) is 3.34. The van der Waals surface area contributed by atoms with Crippen molar-refractivity contribution >= 4 is 45.7 Å². The quantitative estimate of drug-likeness (QED) is 0.499. The molecular weight excluding hydrogens is 542 g/mol. The molecule has 4 heterocycles. The van der Waals surface area contributed by atoms with E-state index >= 15 is 0 Å². The van der Waals surface area contributed by atoms with Crippen LogP contribution in [0.2, 0.25) is 0 Å². The number of hydrogen-bond donors (Lipinski definition) is 1. The molecule has 0 aliphatic carbocycles. The van der Waals surface area contributed by atoms with E-state index in [1.54, 1.807) is 30.4 Å². The van der Waals surface area contributed by atoms with Crippen molar-refractivity contribution in [2.45, 2.75) is 43.5 Å². The van der Waals surface area contributed by atoms with Crippen molar-refractivity contribution in [2.75, 3.05) is 58.4 Å². The van der Waals surface area contributed by atoms with Crippen LogP contribution in [0.15, 0.2) is 24.3 Å². The molecule has 5 unspecified atom stereocenters. The van der Waals surface area contributed by atoms with E-state index in [4.69, 9.17) is 26.1 Å². The van der Waals surface area contributed by atoms with Gasteiger partial charge in [-0.25, -0.2) is 4.98 Å². The summed E-state index contributed by atoms with van der Waals surface area (Å²) in [6.07, 6.45) is -1.16. The van der Waals surface area contributed by atoms with Gasteiger partial charge in [0.25, 0.3) is 5.91 Å². The number of methoxy groups -OCH3 is 1. The number of Topliss-reactive ketones (excluding diaryl/α,β-unsaturated/α-hetero) is 1. The Labute approximate surface area is 237 Å². The second-order valence-corrected chi connectivity index (χ2v) is 12.1. The Kier molecular flexibility index (Phi) is 8.25. The van der Waals surface area contributed by atoms with E-state index in [2.05, 4.69) is 29.1 Å². The average molecular weight is 576 g/mol. The third-order valence-corrected chi connectivity index (χ3v) is 9.20. The largest absolute Gasteiger partial charge is 0.379 e. The van der Waals surface area contributed by atoms with Crippen molar-refractivity contribution in [3.63, 3.8) is 0 Å². The van der Waals surface area contributed by atoms with Crippen LogP contribution in [-0.4, -0.2) is 116 Å². The molecule has 3 aliphatic rings. The van der Waals surface area contributed by atoms with Crippen LogP contribution in [-0.2, 0) is 19.1 Å². The smallest absolute Gasteiger partial charge is 0.252 e. The number of fused-ring (bicyclic) bond motifs is 1. The van der Waals surface area contributed by atoms with Crippen LogP contribution in [0.3, 0.4) is 0 Å². The zero-order valence-electron chi connectivity index (χ0n) is 22.6. The molecule has 0 radical (unpaired) electrons. The predicted molar refractivity (Wildman–Crippen MR) is 150 cm³/mol. The molecule has 1 aromatic heterocycles. The maximum Gasteiger partial charge on any atom is 0.252 e. The molecule has 3 saturated heterocycles. The SMILES string of the molecule is COC(C)C(NC(=O)c1ccc(-c2nc(N3CCN(C)CC3)sc2C)cc1)C(=O)N1CC(Cl)C2OCC(=O)C21. The average Bonchev–Trinajstić information content (AvgIpc) is 3.62. The molecule has 39 heavy (non-hydrogen) atoms. The van der Waals surface area contributed by atoms with Crippen LogP contribution < -0.4 is 10.2 Å². The Balaban J connectivity index is 1.29. The molecule has 2 amide bonds. The van der Waals surface area contributed by atoms with Gasteiger partial charge in [-0.15, -0.1) is 22.9 Å². The Bertz CT molecular complexity index is 1230. The molecule has 5 atom stereocenters. The number of benzene rings is 1. The molecular formula is C27H34ClN5O5S. The van der Waals surface area contributed by atoms with Crippen molar-refractivity contribution in [3.8, 4) is 11.3 Å². The number of nitrogens with one attached hydrogen (secondary N) is 1. The second-order valence-electron chi connectivity index (χ2n) is 10.4. The highest BCUT2D eigenvalue weighted by atomic mass is 35.5. The molecule has 5 rings (SSSR count). The fraction of sp³-hybridized carbons (Fsp3) is 0.556. The number of amides is 2. The lowest BCUT2D eigenvalue weighted by atomic mass is 10.1. The molecule has 1 N–H and O–H groups in total. The topological polar surface area (TPSA) is 104 Å². The summed E-state index contributed by atoms with van der Waals surface area (Å²) in [6, 6.07) is 5.47. The third kappa shape index (κ3) is 5.55. The van der Waals surface area contributed by atoms with Crippen LogP contribution in [0.25, 0.3) is 11.3 Å². The zero-order valence-corrected chi connectivity index (χ0v) is 24.1. The molecule has 210 valence electrons. The summed E-state index contributed by atoms with van der Waals surface area (Å²) in [5.74, 6) is -1.01. The number of aromatic nitrogens is 1. The van der Waals surface area contributed by atoms with Crippen LogP contribution in [0.5, 0.6) is 0 Å². The van der Waals surface area contributed by atoms with E-state index in [-0.39, 0.29) is 18.9 Å². The number of aryl methyl sites for hydroxylation is 1. The van der Waals surface area contributed by atoms with Crippen molar-refractivity contribution in [1.82, 2.24) is 20.1 Å².